The highest BCUT2D eigenvalue weighted by atomic mass is 14.9. The summed E-state index contributed by atoms with van der Waals surface area (Å²) in [6, 6.07) is 1.90. The van der Waals surface area contributed by atoms with E-state index in [1.165, 1.54) is 0 Å². The first kappa shape index (κ1) is 14.1. The lowest BCUT2D eigenvalue weighted by atomic mass is 9.99. The van der Waals surface area contributed by atoms with E-state index >= 15 is 0 Å². The molecule has 2 N–H and O–H groups in total. The Labute approximate surface area is 129 Å². The van der Waals surface area contributed by atoms with Gasteiger partial charge in [-0.05, 0) is 31.6 Å². The standard InChI is InChI=1S/C17H17N5/c1-10(2)16(18)13-7-15(12-8-20-11(3)21-9-12)22-14-5-4-6-19-17(13)14/h4-5,7-9,18-19H,1,6H2,2-3H3. The molecule has 0 fully saturated rings. The minimum absolute atomic E-state index is 0.413. The van der Waals surface area contributed by atoms with Gasteiger partial charge in [-0.1, -0.05) is 12.7 Å². The molecule has 3 rings (SSSR count). The highest BCUT2D eigenvalue weighted by Crippen LogP contribution is 2.30. The first-order chi connectivity index (χ1) is 10.6. The summed E-state index contributed by atoms with van der Waals surface area (Å²) in [6.07, 6.45) is 7.49. The number of aromatic nitrogens is 3. The predicted molar refractivity (Wildman–Crippen MR) is 89.2 cm³/mol. The number of nitrogens with zero attached hydrogens (tertiary/aromatic N) is 3. The summed E-state index contributed by atoms with van der Waals surface area (Å²) in [4.78, 5) is 13.1. The van der Waals surface area contributed by atoms with E-state index in [0.29, 0.717) is 5.71 Å². The van der Waals surface area contributed by atoms with Crippen molar-refractivity contribution in [1.82, 2.24) is 15.0 Å². The van der Waals surface area contributed by atoms with Gasteiger partial charge in [0.25, 0.3) is 0 Å². The highest BCUT2D eigenvalue weighted by molar-refractivity contribution is 6.14. The third kappa shape index (κ3) is 2.53. The fraction of sp³-hybridized carbons (Fsp3) is 0.176. The smallest absolute Gasteiger partial charge is 0.125 e. The third-order valence-electron chi connectivity index (χ3n) is 3.49. The maximum absolute atomic E-state index is 8.30. The lowest BCUT2D eigenvalue weighted by Gasteiger charge is -2.19. The second-order valence-electron chi connectivity index (χ2n) is 5.27. The van der Waals surface area contributed by atoms with Crippen LogP contribution in [0.3, 0.4) is 0 Å². The van der Waals surface area contributed by atoms with Crippen LogP contribution in [0.2, 0.25) is 0 Å². The van der Waals surface area contributed by atoms with Crippen LogP contribution in [-0.2, 0) is 0 Å². The zero-order chi connectivity index (χ0) is 15.7. The van der Waals surface area contributed by atoms with E-state index < -0.39 is 0 Å². The molecule has 22 heavy (non-hydrogen) atoms. The SMILES string of the molecule is C=C(C)C(=N)c1cc(-c2cnc(C)nc2)nc2c1NCC=C2. The lowest BCUT2D eigenvalue weighted by molar-refractivity contribution is 1.05. The van der Waals surface area contributed by atoms with E-state index in [-0.39, 0.29) is 0 Å². The van der Waals surface area contributed by atoms with Crippen molar-refractivity contribution in [2.24, 2.45) is 0 Å². The van der Waals surface area contributed by atoms with Crippen LogP contribution in [0.4, 0.5) is 5.69 Å². The Morgan fingerprint density at radius 2 is 2.05 bits per heavy atom. The Hall–Kier alpha value is -2.82. The Morgan fingerprint density at radius 3 is 2.73 bits per heavy atom. The van der Waals surface area contributed by atoms with Crippen molar-refractivity contribution < 1.29 is 0 Å². The number of rotatable bonds is 3. The normalized spacial score (nSPS) is 12.5. The molecule has 0 unspecified atom stereocenters. The van der Waals surface area contributed by atoms with Crippen LogP contribution in [0.1, 0.15) is 24.0 Å². The molecule has 2 aromatic rings. The van der Waals surface area contributed by atoms with Crippen LogP contribution in [0.5, 0.6) is 0 Å². The van der Waals surface area contributed by atoms with E-state index in [1.807, 2.05) is 32.1 Å². The van der Waals surface area contributed by atoms with Gasteiger partial charge in [-0.2, -0.15) is 0 Å². The van der Waals surface area contributed by atoms with Crippen molar-refractivity contribution in [3.63, 3.8) is 0 Å². The molecule has 0 radical (unpaired) electrons. The monoisotopic (exact) mass is 291 g/mol. The number of allylic oxidation sites excluding steroid dienone is 1. The van der Waals surface area contributed by atoms with Gasteiger partial charge < -0.3 is 5.32 Å². The Morgan fingerprint density at radius 1 is 1.32 bits per heavy atom. The number of nitrogens with one attached hydrogen (secondary N) is 2. The third-order valence-corrected chi connectivity index (χ3v) is 3.49. The number of aryl methyl sites for hydroxylation is 1. The highest BCUT2D eigenvalue weighted by Gasteiger charge is 2.17. The second-order valence-corrected chi connectivity index (χ2v) is 5.27. The summed E-state index contributed by atoms with van der Waals surface area (Å²) >= 11 is 0. The van der Waals surface area contributed by atoms with Crippen molar-refractivity contribution in [2.45, 2.75) is 13.8 Å². The maximum atomic E-state index is 8.30. The second kappa shape index (κ2) is 5.52. The minimum Gasteiger partial charge on any atom is -0.379 e. The van der Waals surface area contributed by atoms with Crippen LogP contribution in [0.25, 0.3) is 17.3 Å². The van der Waals surface area contributed by atoms with Crippen molar-refractivity contribution in [3.8, 4) is 11.3 Å². The van der Waals surface area contributed by atoms with Crippen LogP contribution >= 0.6 is 0 Å². The molecule has 2 aromatic heterocycles. The predicted octanol–water partition coefficient (Wildman–Crippen LogP) is 3.23. The first-order valence-electron chi connectivity index (χ1n) is 7.05. The largest absolute Gasteiger partial charge is 0.379 e. The minimum atomic E-state index is 0.413. The first-order valence-corrected chi connectivity index (χ1v) is 7.05. The van der Waals surface area contributed by atoms with Gasteiger partial charge in [0, 0.05) is 30.1 Å². The van der Waals surface area contributed by atoms with Crippen molar-refractivity contribution in [1.29, 1.82) is 5.41 Å². The van der Waals surface area contributed by atoms with Gasteiger partial charge in [0.1, 0.15) is 5.82 Å². The van der Waals surface area contributed by atoms with Gasteiger partial charge in [0.05, 0.1) is 22.8 Å². The molecule has 0 amide bonds. The number of hydrogen-bond acceptors (Lipinski definition) is 5. The fourth-order valence-electron chi connectivity index (χ4n) is 2.30. The number of hydrogen-bond donors (Lipinski definition) is 2. The summed E-state index contributed by atoms with van der Waals surface area (Å²) in [5, 5.41) is 11.6. The van der Waals surface area contributed by atoms with E-state index in [2.05, 4.69) is 26.8 Å². The molecule has 110 valence electrons. The van der Waals surface area contributed by atoms with Gasteiger partial charge in [-0.3, -0.25) is 5.41 Å². The topological polar surface area (TPSA) is 74.5 Å². The van der Waals surface area contributed by atoms with Crippen molar-refractivity contribution in [3.05, 3.63) is 53.8 Å². The van der Waals surface area contributed by atoms with Gasteiger partial charge in [0.15, 0.2) is 0 Å². The molecule has 0 aliphatic carbocycles. The van der Waals surface area contributed by atoms with Crippen LogP contribution in [0.15, 0.2) is 36.7 Å². The summed E-state index contributed by atoms with van der Waals surface area (Å²) in [5.41, 5.74) is 5.23. The Kier molecular flexibility index (Phi) is 3.55. The maximum Gasteiger partial charge on any atom is 0.125 e. The molecule has 5 nitrogen and oxygen atoms in total. The molecule has 0 atom stereocenters. The molecule has 3 heterocycles. The molecular formula is C17H17N5. The van der Waals surface area contributed by atoms with Crippen LogP contribution < -0.4 is 5.32 Å². The zero-order valence-electron chi connectivity index (χ0n) is 12.6. The number of anilines is 1. The summed E-state index contributed by atoms with van der Waals surface area (Å²) < 4.78 is 0. The molecule has 1 aliphatic rings. The molecule has 0 aromatic carbocycles. The van der Waals surface area contributed by atoms with Gasteiger partial charge >= 0.3 is 0 Å². The molecule has 0 spiro atoms. The Bertz CT molecular complexity index is 787. The molecule has 0 saturated heterocycles. The van der Waals surface area contributed by atoms with E-state index in [0.717, 1.165) is 46.1 Å². The lowest BCUT2D eigenvalue weighted by Crippen LogP contribution is -2.13. The van der Waals surface area contributed by atoms with Gasteiger partial charge in [-0.25, -0.2) is 15.0 Å². The Balaban J connectivity index is 2.19. The van der Waals surface area contributed by atoms with E-state index in [1.54, 1.807) is 12.4 Å². The molecule has 0 bridgehead atoms. The average Bonchev–Trinajstić information content (AvgIpc) is 2.53. The zero-order valence-corrected chi connectivity index (χ0v) is 12.6. The van der Waals surface area contributed by atoms with Crippen LogP contribution in [-0.4, -0.2) is 27.2 Å². The molecular weight excluding hydrogens is 274 g/mol. The fourth-order valence-corrected chi connectivity index (χ4v) is 2.30. The summed E-state index contributed by atoms with van der Waals surface area (Å²) in [6.45, 7) is 8.30. The summed E-state index contributed by atoms with van der Waals surface area (Å²) in [5.74, 6) is 0.721. The van der Waals surface area contributed by atoms with Crippen molar-refractivity contribution in [2.75, 3.05) is 11.9 Å². The average molecular weight is 291 g/mol. The van der Waals surface area contributed by atoms with E-state index in [4.69, 9.17) is 5.41 Å². The number of fused-ring (bicyclic) bond motifs is 1. The van der Waals surface area contributed by atoms with Gasteiger partial charge in [0.2, 0.25) is 0 Å². The van der Waals surface area contributed by atoms with Crippen LogP contribution in [0, 0.1) is 12.3 Å². The summed E-state index contributed by atoms with van der Waals surface area (Å²) in [7, 11) is 0. The number of pyridine rings is 1. The molecule has 0 saturated carbocycles. The van der Waals surface area contributed by atoms with Gasteiger partial charge in [-0.15, -0.1) is 0 Å². The van der Waals surface area contributed by atoms with Crippen molar-refractivity contribution >= 4 is 17.5 Å². The van der Waals surface area contributed by atoms with E-state index in [9.17, 15) is 0 Å². The quantitative estimate of drug-likeness (QED) is 0.851. The molecule has 5 heteroatoms. The molecule has 1 aliphatic heterocycles.